The van der Waals surface area contributed by atoms with Crippen LogP contribution in [0.25, 0.3) is 0 Å². The van der Waals surface area contributed by atoms with Crippen LogP contribution in [0.2, 0.25) is 0 Å². The number of carbonyl (C=O) groups is 1. The van der Waals surface area contributed by atoms with Gasteiger partial charge in [0.25, 0.3) is 5.91 Å². The molecule has 0 aliphatic heterocycles. The normalized spacial score (nSPS) is 25.1. The van der Waals surface area contributed by atoms with E-state index in [1.807, 2.05) is 12.1 Å². The molecular formula is C13H16NO2. The Morgan fingerprint density at radius 2 is 2.06 bits per heavy atom. The van der Waals surface area contributed by atoms with Crippen LogP contribution in [-0.2, 0) is 0 Å². The number of rotatable bonds is 2. The van der Waals surface area contributed by atoms with Gasteiger partial charge in [-0.2, -0.15) is 0 Å². The molecule has 2 N–H and O–H groups in total. The zero-order valence-corrected chi connectivity index (χ0v) is 9.15. The molecule has 2 rings (SSSR count). The van der Waals surface area contributed by atoms with Crippen molar-refractivity contribution in [2.45, 2.75) is 37.8 Å². The van der Waals surface area contributed by atoms with E-state index in [0.717, 1.165) is 25.7 Å². The third kappa shape index (κ3) is 2.83. The largest absolute Gasteiger partial charge is 0.393 e. The topological polar surface area (TPSA) is 49.3 Å². The molecule has 1 aliphatic carbocycles. The lowest BCUT2D eigenvalue weighted by atomic mass is 9.93. The summed E-state index contributed by atoms with van der Waals surface area (Å²) in [6.45, 7) is 0. The molecule has 85 valence electrons. The van der Waals surface area contributed by atoms with Gasteiger partial charge in [-0.3, -0.25) is 4.79 Å². The van der Waals surface area contributed by atoms with Crippen LogP contribution >= 0.6 is 0 Å². The van der Waals surface area contributed by atoms with Crippen molar-refractivity contribution in [1.82, 2.24) is 5.32 Å². The number of nitrogens with one attached hydrogen (secondary N) is 1. The van der Waals surface area contributed by atoms with Crippen molar-refractivity contribution in [1.29, 1.82) is 0 Å². The minimum absolute atomic E-state index is 0.0676. The second-order valence-electron chi connectivity index (χ2n) is 4.26. The lowest BCUT2D eigenvalue weighted by Gasteiger charge is -2.26. The van der Waals surface area contributed by atoms with E-state index < -0.39 is 0 Å². The van der Waals surface area contributed by atoms with Crippen LogP contribution < -0.4 is 5.32 Å². The highest BCUT2D eigenvalue weighted by Crippen LogP contribution is 2.18. The molecule has 0 bridgehead atoms. The van der Waals surface area contributed by atoms with Crippen molar-refractivity contribution in [3.8, 4) is 0 Å². The summed E-state index contributed by atoms with van der Waals surface area (Å²) in [5, 5.41) is 12.3. The van der Waals surface area contributed by atoms with Gasteiger partial charge in [0.15, 0.2) is 0 Å². The average molecular weight is 218 g/mol. The maximum atomic E-state index is 11.8. The standard InChI is InChI=1S/C13H16NO2/c15-12-8-6-11(7-9-12)14-13(16)10-4-2-1-3-5-10/h1-4,11-12,15H,6-9H2,(H,14,16). The molecule has 1 amide bonds. The van der Waals surface area contributed by atoms with Gasteiger partial charge in [-0.25, -0.2) is 0 Å². The van der Waals surface area contributed by atoms with Crippen LogP contribution in [0, 0.1) is 6.07 Å². The third-order valence-corrected chi connectivity index (χ3v) is 2.99. The predicted octanol–water partition coefficient (Wildman–Crippen LogP) is 1.52. The van der Waals surface area contributed by atoms with Crippen LogP contribution in [0.15, 0.2) is 24.3 Å². The summed E-state index contributed by atoms with van der Waals surface area (Å²) in [4.78, 5) is 11.8. The molecule has 0 saturated heterocycles. The van der Waals surface area contributed by atoms with Gasteiger partial charge in [-0.15, -0.1) is 0 Å². The highest BCUT2D eigenvalue weighted by atomic mass is 16.3. The molecule has 0 heterocycles. The first-order valence-electron chi connectivity index (χ1n) is 5.71. The van der Waals surface area contributed by atoms with Gasteiger partial charge < -0.3 is 10.4 Å². The van der Waals surface area contributed by atoms with Crippen LogP contribution in [0.5, 0.6) is 0 Å². The van der Waals surface area contributed by atoms with E-state index in [1.54, 1.807) is 12.1 Å². The lowest BCUT2D eigenvalue weighted by Crippen LogP contribution is -2.38. The van der Waals surface area contributed by atoms with E-state index in [2.05, 4.69) is 11.4 Å². The number of aliphatic hydroxyl groups excluding tert-OH is 1. The number of aliphatic hydroxyl groups is 1. The number of amides is 1. The Hall–Kier alpha value is -1.35. The molecule has 0 unspecified atom stereocenters. The van der Waals surface area contributed by atoms with Crippen LogP contribution in [-0.4, -0.2) is 23.2 Å². The number of benzene rings is 1. The Labute approximate surface area is 95.5 Å². The summed E-state index contributed by atoms with van der Waals surface area (Å²) in [6, 6.07) is 10.3. The van der Waals surface area contributed by atoms with E-state index in [9.17, 15) is 9.90 Å². The summed E-state index contributed by atoms with van der Waals surface area (Å²) >= 11 is 0. The molecule has 0 spiro atoms. The maximum absolute atomic E-state index is 11.8. The summed E-state index contributed by atoms with van der Waals surface area (Å²) in [5.41, 5.74) is 0.577. The van der Waals surface area contributed by atoms with Gasteiger partial charge in [0.2, 0.25) is 0 Å². The molecule has 1 fully saturated rings. The molecule has 16 heavy (non-hydrogen) atoms. The van der Waals surface area contributed by atoms with Crippen LogP contribution in [0.1, 0.15) is 36.0 Å². The van der Waals surface area contributed by atoms with Gasteiger partial charge in [0, 0.05) is 11.6 Å². The predicted molar refractivity (Wildman–Crippen MR) is 61.0 cm³/mol. The van der Waals surface area contributed by atoms with Crippen molar-refractivity contribution in [2.24, 2.45) is 0 Å². The van der Waals surface area contributed by atoms with Crippen molar-refractivity contribution in [3.63, 3.8) is 0 Å². The second-order valence-corrected chi connectivity index (χ2v) is 4.26. The highest BCUT2D eigenvalue weighted by molar-refractivity contribution is 5.94. The van der Waals surface area contributed by atoms with Gasteiger partial charge in [0.1, 0.15) is 0 Å². The Morgan fingerprint density at radius 1 is 1.31 bits per heavy atom. The summed E-state index contributed by atoms with van der Waals surface area (Å²) < 4.78 is 0. The number of hydrogen-bond donors (Lipinski definition) is 2. The number of carbonyl (C=O) groups excluding carboxylic acids is 1. The highest BCUT2D eigenvalue weighted by Gasteiger charge is 2.20. The molecule has 0 aromatic heterocycles. The zero-order chi connectivity index (χ0) is 11.4. The van der Waals surface area contributed by atoms with E-state index >= 15 is 0 Å². The van der Waals surface area contributed by atoms with Crippen molar-refractivity contribution in [3.05, 3.63) is 35.9 Å². The Morgan fingerprint density at radius 3 is 2.69 bits per heavy atom. The molecule has 3 nitrogen and oxygen atoms in total. The van der Waals surface area contributed by atoms with Gasteiger partial charge in [0.05, 0.1) is 6.10 Å². The average Bonchev–Trinajstić information content (AvgIpc) is 2.33. The summed E-state index contributed by atoms with van der Waals surface area (Å²) in [5.74, 6) is -0.0676. The quantitative estimate of drug-likeness (QED) is 0.790. The van der Waals surface area contributed by atoms with Crippen LogP contribution in [0.4, 0.5) is 0 Å². The van der Waals surface area contributed by atoms with Gasteiger partial charge in [-0.05, 0) is 37.8 Å². The van der Waals surface area contributed by atoms with Crippen molar-refractivity contribution < 1.29 is 9.90 Å². The molecule has 0 atom stereocenters. The fourth-order valence-electron chi connectivity index (χ4n) is 2.02. The minimum Gasteiger partial charge on any atom is -0.393 e. The molecule has 1 saturated carbocycles. The first-order valence-corrected chi connectivity index (χ1v) is 5.71. The van der Waals surface area contributed by atoms with Crippen molar-refractivity contribution >= 4 is 5.91 Å². The van der Waals surface area contributed by atoms with E-state index in [-0.39, 0.29) is 18.1 Å². The monoisotopic (exact) mass is 218 g/mol. The molecule has 1 aromatic carbocycles. The lowest BCUT2D eigenvalue weighted by molar-refractivity contribution is 0.0867. The molecule has 1 aromatic rings. The summed E-state index contributed by atoms with van der Waals surface area (Å²) in [7, 11) is 0. The summed E-state index contributed by atoms with van der Waals surface area (Å²) in [6.07, 6.45) is 3.10. The fraction of sp³-hybridized carbons (Fsp3) is 0.462. The smallest absolute Gasteiger partial charge is 0.252 e. The first-order chi connectivity index (χ1) is 7.75. The number of hydrogen-bond acceptors (Lipinski definition) is 2. The Balaban J connectivity index is 1.88. The Bertz CT molecular complexity index is 342. The van der Waals surface area contributed by atoms with Crippen molar-refractivity contribution in [2.75, 3.05) is 0 Å². The Kier molecular flexibility index (Phi) is 3.57. The van der Waals surface area contributed by atoms with Crippen LogP contribution in [0.3, 0.4) is 0 Å². The minimum atomic E-state index is -0.184. The van der Waals surface area contributed by atoms with Gasteiger partial charge >= 0.3 is 0 Å². The molecule has 1 aliphatic rings. The molecular weight excluding hydrogens is 202 g/mol. The SMILES string of the molecule is O=C(NC1CCC(O)CC1)c1[c]cccc1. The van der Waals surface area contributed by atoms with E-state index in [0.29, 0.717) is 5.56 Å². The molecule has 3 heteroatoms. The molecule has 1 radical (unpaired) electrons. The fourth-order valence-corrected chi connectivity index (χ4v) is 2.02. The zero-order valence-electron chi connectivity index (χ0n) is 9.15. The maximum Gasteiger partial charge on any atom is 0.252 e. The first kappa shape index (κ1) is 11.1. The van der Waals surface area contributed by atoms with E-state index in [1.165, 1.54) is 0 Å². The van der Waals surface area contributed by atoms with E-state index in [4.69, 9.17) is 0 Å². The van der Waals surface area contributed by atoms with Gasteiger partial charge in [-0.1, -0.05) is 18.2 Å². The third-order valence-electron chi connectivity index (χ3n) is 2.99. The second kappa shape index (κ2) is 5.12.